The average Bonchev–Trinajstić information content (AvgIpc) is 3.24. The van der Waals surface area contributed by atoms with E-state index < -0.39 is 0 Å². The van der Waals surface area contributed by atoms with E-state index in [0.29, 0.717) is 22.9 Å². The summed E-state index contributed by atoms with van der Waals surface area (Å²) in [6.07, 6.45) is 3.98. The number of para-hydroxylation sites is 1. The van der Waals surface area contributed by atoms with E-state index in [1.54, 1.807) is 4.57 Å². The minimum Gasteiger partial charge on any atom is -0.325 e. The van der Waals surface area contributed by atoms with Crippen LogP contribution in [0, 0.1) is 0 Å². The van der Waals surface area contributed by atoms with Crippen molar-refractivity contribution in [1.82, 2.24) is 19.2 Å². The van der Waals surface area contributed by atoms with Gasteiger partial charge in [-0.05, 0) is 42.7 Å². The number of carbonyl (C=O) groups excluding carboxylic acids is 1. The first-order chi connectivity index (χ1) is 15.6. The third-order valence-electron chi connectivity index (χ3n) is 5.44. The quantitative estimate of drug-likeness (QED) is 0.300. The van der Waals surface area contributed by atoms with E-state index in [2.05, 4.69) is 29.4 Å². The smallest absolute Gasteiger partial charge is 0.262 e. The van der Waals surface area contributed by atoms with Crippen molar-refractivity contribution in [2.75, 3.05) is 11.1 Å². The Morgan fingerprint density at radius 3 is 2.56 bits per heavy atom. The maximum atomic E-state index is 13.1. The predicted molar refractivity (Wildman–Crippen MR) is 129 cm³/mol. The number of rotatable bonds is 9. The molecule has 0 fully saturated rings. The molecule has 4 aromatic rings. The summed E-state index contributed by atoms with van der Waals surface area (Å²) in [5.41, 5.74) is 2.70. The van der Waals surface area contributed by atoms with Crippen LogP contribution >= 0.6 is 11.8 Å². The molecule has 1 amide bonds. The van der Waals surface area contributed by atoms with Crippen molar-refractivity contribution in [1.29, 1.82) is 0 Å². The van der Waals surface area contributed by atoms with Crippen LogP contribution in [0.3, 0.4) is 0 Å². The lowest BCUT2D eigenvalue weighted by atomic mass is 10.1. The molecular formula is C24H27N5O2S. The molecule has 2 aromatic carbocycles. The van der Waals surface area contributed by atoms with E-state index in [4.69, 9.17) is 0 Å². The molecule has 2 heterocycles. The molecule has 0 aliphatic rings. The molecule has 0 aliphatic heterocycles. The Bertz CT molecular complexity index is 1290. The number of nitrogens with zero attached hydrogens (tertiary/aromatic N) is 4. The van der Waals surface area contributed by atoms with Gasteiger partial charge < -0.3 is 5.32 Å². The minimum absolute atomic E-state index is 0.0542. The van der Waals surface area contributed by atoms with Crippen LogP contribution in [0.1, 0.15) is 38.7 Å². The highest BCUT2D eigenvalue weighted by Crippen LogP contribution is 2.22. The highest BCUT2D eigenvalue weighted by molar-refractivity contribution is 7.99. The van der Waals surface area contributed by atoms with Crippen molar-refractivity contribution in [3.63, 3.8) is 0 Å². The summed E-state index contributed by atoms with van der Waals surface area (Å²) in [5, 5.41) is 12.8. The standard InChI is InChI=1S/C24H27N5O2S/c1-3-5-8-15-28-22(31)19-9-6-7-10-20(19)29-23(28)26-27-24(29)32-16-21(30)25-18-13-11-17(4-2)12-14-18/h6-7,9-14H,3-5,8,15-16H2,1-2H3,(H,25,30). The number of anilines is 1. The zero-order valence-electron chi connectivity index (χ0n) is 18.4. The van der Waals surface area contributed by atoms with Crippen LogP contribution in [0.15, 0.2) is 58.5 Å². The average molecular weight is 450 g/mol. The molecule has 0 bridgehead atoms. The van der Waals surface area contributed by atoms with Gasteiger partial charge in [-0.1, -0.05) is 62.7 Å². The van der Waals surface area contributed by atoms with Gasteiger partial charge in [0.2, 0.25) is 11.7 Å². The van der Waals surface area contributed by atoms with Gasteiger partial charge in [0, 0.05) is 12.2 Å². The maximum Gasteiger partial charge on any atom is 0.262 e. The van der Waals surface area contributed by atoms with Gasteiger partial charge in [-0.3, -0.25) is 18.6 Å². The zero-order valence-corrected chi connectivity index (χ0v) is 19.2. The maximum absolute atomic E-state index is 13.1. The molecule has 0 saturated heterocycles. The number of hydrogen-bond donors (Lipinski definition) is 1. The fraction of sp³-hybridized carbons (Fsp3) is 0.333. The second-order valence-corrected chi connectivity index (χ2v) is 8.63. The number of amides is 1. The summed E-state index contributed by atoms with van der Waals surface area (Å²) in [6.45, 7) is 4.83. The van der Waals surface area contributed by atoms with Gasteiger partial charge in [0.1, 0.15) is 0 Å². The normalized spacial score (nSPS) is 11.3. The molecule has 2 aromatic heterocycles. The lowest BCUT2D eigenvalue weighted by Gasteiger charge is -2.11. The topological polar surface area (TPSA) is 81.3 Å². The third kappa shape index (κ3) is 4.55. The van der Waals surface area contributed by atoms with Crippen molar-refractivity contribution in [2.45, 2.75) is 51.2 Å². The Labute approximate surface area is 190 Å². The largest absolute Gasteiger partial charge is 0.325 e. The molecule has 0 radical (unpaired) electrons. The van der Waals surface area contributed by atoms with Gasteiger partial charge in [0.15, 0.2) is 5.16 Å². The van der Waals surface area contributed by atoms with Crippen LogP contribution < -0.4 is 10.9 Å². The number of nitrogens with one attached hydrogen (secondary N) is 1. The Kier molecular flexibility index (Phi) is 6.90. The molecule has 166 valence electrons. The molecule has 1 N–H and O–H groups in total. The van der Waals surface area contributed by atoms with Crippen molar-refractivity contribution >= 4 is 40.0 Å². The molecule has 0 unspecified atom stereocenters. The summed E-state index contributed by atoms with van der Waals surface area (Å²) in [5.74, 6) is 0.596. The van der Waals surface area contributed by atoms with E-state index >= 15 is 0 Å². The van der Waals surface area contributed by atoms with Crippen LogP contribution in [0.25, 0.3) is 16.7 Å². The first-order valence-electron chi connectivity index (χ1n) is 11.0. The molecular weight excluding hydrogens is 422 g/mol. The summed E-state index contributed by atoms with van der Waals surface area (Å²) in [7, 11) is 0. The first-order valence-corrected chi connectivity index (χ1v) is 12.0. The van der Waals surface area contributed by atoms with Crippen LogP contribution in [0.2, 0.25) is 0 Å². The molecule has 0 aliphatic carbocycles. The lowest BCUT2D eigenvalue weighted by Crippen LogP contribution is -2.23. The zero-order chi connectivity index (χ0) is 22.5. The number of aromatic nitrogens is 4. The Morgan fingerprint density at radius 2 is 1.81 bits per heavy atom. The lowest BCUT2D eigenvalue weighted by molar-refractivity contribution is -0.113. The molecule has 0 spiro atoms. The third-order valence-corrected chi connectivity index (χ3v) is 6.37. The SMILES string of the molecule is CCCCCn1c(=O)c2ccccc2n2c(SCC(=O)Nc3ccc(CC)cc3)nnc12. The molecule has 0 saturated carbocycles. The summed E-state index contributed by atoms with van der Waals surface area (Å²) < 4.78 is 3.58. The molecule has 8 heteroatoms. The van der Waals surface area contributed by atoms with Gasteiger partial charge in [-0.25, -0.2) is 0 Å². The summed E-state index contributed by atoms with van der Waals surface area (Å²) in [6, 6.07) is 15.3. The van der Waals surface area contributed by atoms with E-state index in [1.165, 1.54) is 17.3 Å². The number of fused-ring (bicyclic) bond motifs is 3. The number of carbonyl (C=O) groups is 1. The Morgan fingerprint density at radius 1 is 1.03 bits per heavy atom. The fourth-order valence-electron chi connectivity index (χ4n) is 3.70. The van der Waals surface area contributed by atoms with E-state index in [1.807, 2.05) is 52.9 Å². The van der Waals surface area contributed by atoms with Crippen LogP contribution in [0.5, 0.6) is 0 Å². The van der Waals surface area contributed by atoms with Gasteiger partial charge in [0.25, 0.3) is 5.56 Å². The Hall–Kier alpha value is -3.13. The highest BCUT2D eigenvalue weighted by atomic mass is 32.2. The van der Waals surface area contributed by atoms with Crippen molar-refractivity contribution in [2.24, 2.45) is 0 Å². The van der Waals surface area contributed by atoms with Crippen LogP contribution in [-0.4, -0.2) is 30.8 Å². The number of unbranched alkanes of at least 4 members (excludes halogenated alkanes) is 2. The van der Waals surface area contributed by atoms with Crippen LogP contribution in [-0.2, 0) is 17.8 Å². The van der Waals surface area contributed by atoms with Gasteiger partial charge in [-0.2, -0.15) is 0 Å². The molecule has 0 atom stereocenters. The van der Waals surface area contributed by atoms with Crippen molar-refractivity contribution in [3.8, 4) is 0 Å². The van der Waals surface area contributed by atoms with Crippen molar-refractivity contribution in [3.05, 3.63) is 64.4 Å². The summed E-state index contributed by atoms with van der Waals surface area (Å²) in [4.78, 5) is 25.6. The second kappa shape index (κ2) is 9.99. The number of hydrogen-bond acceptors (Lipinski definition) is 5. The van der Waals surface area contributed by atoms with E-state index in [-0.39, 0.29) is 17.2 Å². The van der Waals surface area contributed by atoms with Gasteiger partial charge in [0.05, 0.1) is 16.7 Å². The predicted octanol–water partition coefficient (Wildman–Crippen LogP) is 4.53. The monoisotopic (exact) mass is 449 g/mol. The first kappa shape index (κ1) is 22.1. The Balaban J connectivity index is 1.60. The highest BCUT2D eigenvalue weighted by Gasteiger charge is 2.17. The minimum atomic E-state index is -0.114. The van der Waals surface area contributed by atoms with Gasteiger partial charge in [-0.15, -0.1) is 10.2 Å². The summed E-state index contributed by atoms with van der Waals surface area (Å²) >= 11 is 1.31. The fourth-order valence-corrected chi connectivity index (χ4v) is 4.44. The second-order valence-electron chi connectivity index (χ2n) is 7.69. The van der Waals surface area contributed by atoms with Crippen molar-refractivity contribution < 1.29 is 4.79 Å². The number of benzene rings is 2. The number of aryl methyl sites for hydroxylation is 2. The molecule has 4 rings (SSSR count). The number of thioether (sulfide) groups is 1. The van der Waals surface area contributed by atoms with E-state index in [9.17, 15) is 9.59 Å². The van der Waals surface area contributed by atoms with E-state index in [0.717, 1.165) is 36.9 Å². The molecule has 32 heavy (non-hydrogen) atoms. The van der Waals surface area contributed by atoms with Gasteiger partial charge >= 0.3 is 0 Å². The van der Waals surface area contributed by atoms with Crippen LogP contribution in [0.4, 0.5) is 5.69 Å². The molecule has 7 nitrogen and oxygen atoms in total.